The van der Waals surface area contributed by atoms with Gasteiger partial charge in [0.25, 0.3) is 5.91 Å². The van der Waals surface area contributed by atoms with Crippen LogP contribution in [0.1, 0.15) is 31.2 Å². The van der Waals surface area contributed by atoms with Crippen LogP contribution in [0, 0.1) is 11.3 Å². The summed E-state index contributed by atoms with van der Waals surface area (Å²) < 4.78 is 6.24. The van der Waals surface area contributed by atoms with Crippen LogP contribution >= 0.6 is 11.3 Å². The summed E-state index contributed by atoms with van der Waals surface area (Å²) in [5.41, 5.74) is 8.48. The molecular weight excluding hydrogens is 440 g/mol. The number of amides is 2. The van der Waals surface area contributed by atoms with E-state index in [-0.39, 0.29) is 29.4 Å². The van der Waals surface area contributed by atoms with E-state index >= 15 is 0 Å². The lowest BCUT2D eigenvalue weighted by molar-refractivity contribution is -0.117. The second-order valence-corrected chi connectivity index (χ2v) is 9.39. The van der Waals surface area contributed by atoms with Crippen LogP contribution in [0.3, 0.4) is 0 Å². The van der Waals surface area contributed by atoms with Gasteiger partial charge in [0.2, 0.25) is 5.91 Å². The molecule has 1 aromatic carbocycles. The van der Waals surface area contributed by atoms with Crippen molar-refractivity contribution in [3.05, 3.63) is 36.0 Å². The van der Waals surface area contributed by atoms with Crippen molar-refractivity contribution in [1.82, 2.24) is 15.3 Å². The smallest absolute Gasteiger partial charge is 0.270 e. The van der Waals surface area contributed by atoms with Crippen LogP contribution in [0.4, 0.5) is 10.9 Å². The molecule has 9 nitrogen and oxygen atoms in total. The first kappa shape index (κ1) is 21.5. The molecule has 2 aromatic heterocycles. The SMILES string of the molecule is N=C(C(=O)NC1CCOCC1)c1cc(-c2ccc3nc(NC(=O)C4CC4)sc3c2)cnc1N. The number of hydrogen-bond acceptors (Lipinski definition) is 8. The standard InChI is InChI=1S/C23H24N6O3S/c24-19(22(31)27-15-5-7-32-8-6-15)16-9-14(11-26-20(16)25)13-3-4-17-18(10-13)33-23(28-17)29-21(30)12-1-2-12/h3-4,9-12,15,24H,1-2,5-8H2,(H2,25,26)(H,27,31)(H,28,29,30). The number of thiazole rings is 1. The summed E-state index contributed by atoms with van der Waals surface area (Å²) >= 11 is 1.41. The maximum Gasteiger partial charge on any atom is 0.270 e. The number of ether oxygens (including phenoxy) is 1. The molecule has 0 unspecified atom stereocenters. The lowest BCUT2D eigenvalue weighted by atomic mass is 10.0. The van der Waals surface area contributed by atoms with Gasteiger partial charge in [-0.15, -0.1) is 0 Å². The van der Waals surface area contributed by atoms with Crippen LogP contribution < -0.4 is 16.4 Å². The summed E-state index contributed by atoms with van der Waals surface area (Å²) in [4.78, 5) is 33.4. The van der Waals surface area contributed by atoms with Gasteiger partial charge in [0, 0.05) is 42.5 Å². The Hall–Kier alpha value is -3.37. The van der Waals surface area contributed by atoms with Gasteiger partial charge in [0.05, 0.1) is 10.2 Å². The molecule has 0 atom stereocenters. The van der Waals surface area contributed by atoms with Gasteiger partial charge in [0.1, 0.15) is 11.5 Å². The molecule has 170 valence electrons. The Labute approximate surface area is 194 Å². The second kappa shape index (κ2) is 8.87. The van der Waals surface area contributed by atoms with Crippen molar-refractivity contribution in [3.63, 3.8) is 0 Å². The van der Waals surface area contributed by atoms with E-state index in [9.17, 15) is 9.59 Å². The van der Waals surface area contributed by atoms with Crippen LogP contribution in [0.15, 0.2) is 30.5 Å². The van der Waals surface area contributed by atoms with Gasteiger partial charge >= 0.3 is 0 Å². The molecule has 3 aromatic rings. The molecule has 1 saturated carbocycles. The predicted octanol–water partition coefficient (Wildman–Crippen LogP) is 2.95. The van der Waals surface area contributed by atoms with Crippen molar-refractivity contribution in [2.75, 3.05) is 24.3 Å². The average Bonchev–Trinajstić information content (AvgIpc) is 3.60. The minimum absolute atomic E-state index is 0.00713. The van der Waals surface area contributed by atoms with E-state index in [1.165, 1.54) is 11.3 Å². The lowest BCUT2D eigenvalue weighted by Crippen LogP contribution is -2.42. The number of hydrogen-bond donors (Lipinski definition) is 4. The maximum atomic E-state index is 12.6. The van der Waals surface area contributed by atoms with Crippen LogP contribution in [-0.4, -0.2) is 46.7 Å². The molecule has 2 amide bonds. The van der Waals surface area contributed by atoms with Crippen molar-refractivity contribution in [2.24, 2.45) is 5.92 Å². The Morgan fingerprint density at radius 3 is 2.67 bits per heavy atom. The highest BCUT2D eigenvalue weighted by molar-refractivity contribution is 7.22. The number of nitrogens with one attached hydrogen (secondary N) is 3. The fourth-order valence-corrected chi connectivity index (χ4v) is 4.67. The molecule has 5 rings (SSSR count). The fourth-order valence-electron chi connectivity index (χ4n) is 3.77. The summed E-state index contributed by atoms with van der Waals surface area (Å²) in [5.74, 6) is -0.193. The number of nitrogens with two attached hydrogens (primary N) is 1. The van der Waals surface area contributed by atoms with Crippen LogP contribution in [0.25, 0.3) is 21.3 Å². The van der Waals surface area contributed by atoms with Gasteiger partial charge in [-0.05, 0) is 49.4 Å². The largest absolute Gasteiger partial charge is 0.383 e. The summed E-state index contributed by atoms with van der Waals surface area (Å²) in [6, 6.07) is 7.45. The molecule has 0 bridgehead atoms. The number of anilines is 2. The van der Waals surface area contributed by atoms with Crippen molar-refractivity contribution in [1.29, 1.82) is 5.41 Å². The molecule has 1 aliphatic carbocycles. The zero-order valence-electron chi connectivity index (χ0n) is 17.9. The average molecular weight is 465 g/mol. The first-order chi connectivity index (χ1) is 16.0. The Morgan fingerprint density at radius 1 is 1.12 bits per heavy atom. The molecule has 0 spiro atoms. The molecule has 1 aliphatic heterocycles. The summed E-state index contributed by atoms with van der Waals surface area (Å²) in [5, 5.41) is 14.7. The van der Waals surface area contributed by atoms with E-state index in [1.807, 2.05) is 18.2 Å². The van der Waals surface area contributed by atoms with Gasteiger partial charge in [-0.1, -0.05) is 17.4 Å². The third-order valence-electron chi connectivity index (χ3n) is 5.87. The summed E-state index contributed by atoms with van der Waals surface area (Å²) in [6.45, 7) is 1.20. The Bertz CT molecular complexity index is 1250. The van der Waals surface area contributed by atoms with Gasteiger partial charge < -0.3 is 21.1 Å². The highest BCUT2D eigenvalue weighted by Crippen LogP contribution is 2.34. The minimum atomic E-state index is -0.471. The third kappa shape index (κ3) is 4.71. The quantitative estimate of drug-likeness (QED) is 0.413. The summed E-state index contributed by atoms with van der Waals surface area (Å²) in [7, 11) is 0. The molecule has 3 heterocycles. The number of nitrogen functional groups attached to an aromatic ring is 1. The lowest BCUT2D eigenvalue weighted by Gasteiger charge is -2.23. The Kier molecular flexibility index (Phi) is 5.77. The van der Waals surface area contributed by atoms with Crippen molar-refractivity contribution in [2.45, 2.75) is 31.7 Å². The molecule has 5 N–H and O–H groups in total. The Balaban J connectivity index is 1.36. The first-order valence-corrected chi connectivity index (χ1v) is 11.7. The highest BCUT2D eigenvalue weighted by atomic mass is 32.1. The molecule has 33 heavy (non-hydrogen) atoms. The van der Waals surface area contributed by atoms with Crippen molar-refractivity contribution < 1.29 is 14.3 Å². The molecule has 1 saturated heterocycles. The van der Waals surface area contributed by atoms with E-state index in [4.69, 9.17) is 15.9 Å². The number of carbonyl (C=O) groups excluding carboxylic acids is 2. The number of rotatable bonds is 6. The first-order valence-electron chi connectivity index (χ1n) is 10.9. The second-order valence-electron chi connectivity index (χ2n) is 8.36. The van der Waals surface area contributed by atoms with Gasteiger partial charge in [-0.2, -0.15) is 0 Å². The monoisotopic (exact) mass is 464 g/mol. The zero-order chi connectivity index (χ0) is 22.9. The van der Waals surface area contributed by atoms with Crippen LogP contribution in [0.5, 0.6) is 0 Å². The Morgan fingerprint density at radius 2 is 1.91 bits per heavy atom. The number of nitrogens with zero attached hydrogens (tertiary/aromatic N) is 2. The van der Waals surface area contributed by atoms with E-state index < -0.39 is 5.91 Å². The molecular formula is C23H24N6O3S. The number of carbonyl (C=O) groups is 2. The van der Waals surface area contributed by atoms with E-state index in [2.05, 4.69) is 20.6 Å². The zero-order valence-corrected chi connectivity index (χ0v) is 18.7. The number of aromatic nitrogens is 2. The van der Waals surface area contributed by atoms with Crippen molar-refractivity contribution >= 4 is 50.0 Å². The van der Waals surface area contributed by atoms with Gasteiger partial charge in [-0.3, -0.25) is 15.0 Å². The maximum absolute atomic E-state index is 12.6. The van der Waals surface area contributed by atoms with Gasteiger partial charge in [0.15, 0.2) is 5.13 Å². The molecule has 0 radical (unpaired) electrons. The van der Waals surface area contributed by atoms with Crippen molar-refractivity contribution in [3.8, 4) is 11.1 Å². The normalized spacial score (nSPS) is 16.5. The van der Waals surface area contributed by atoms with Gasteiger partial charge in [-0.25, -0.2) is 9.97 Å². The number of fused-ring (bicyclic) bond motifs is 1. The third-order valence-corrected chi connectivity index (χ3v) is 6.81. The summed E-state index contributed by atoms with van der Waals surface area (Å²) in [6.07, 6.45) is 4.96. The molecule has 2 fully saturated rings. The van der Waals surface area contributed by atoms with E-state index in [1.54, 1.807) is 12.3 Å². The minimum Gasteiger partial charge on any atom is -0.383 e. The fraction of sp³-hybridized carbons (Fsp3) is 0.348. The van der Waals surface area contributed by atoms with Crippen LogP contribution in [0.2, 0.25) is 0 Å². The van der Waals surface area contributed by atoms with E-state index in [0.717, 1.165) is 47.0 Å². The predicted molar refractivity (Wildman–Crippen MR) is 127 cm³/mol. The number of pyridine rings is 1. The molecule has 10 heteroatoms. The number of benzene rings is 1. The van der Waals surface area contributed by atoms with E-state index in [0.29, 0.717) is 23.9 Å². The van der Waals surface area contributed by atoms with Crippen LogP contribution in [-0.2, 0) is 14.3 Å². The topological polar surface area (TPSA) is 143 Å². The molecule has 2 aliphatic rings. The highest BCUT2D eigenvalue weighted by Gasteiger charge is 2.30.